The number of rotatable bonds is 5. The van der Waals surface area contributed by atoms with Gasteiger partial charge in [0.2, 0.25) is 0 Å². The molecule has 0 heterocycles. The highest BCUT2D eigenvalue weighted by atomic mass is 16.2. The van der Waals surface area contributed by atoms with E-state index in [1.54, 1.807) is 0 Å². The van der Waals surface area contributed by atoms with Crippen LogP contribution in [0.4, 0.5) is 0 Å². The average molecular weight is 218 g/mol. The summed E-state index contributed by atoms with van der Waals surface area (Å²) in [5, 5.41) is 8.78. The molecule has 0 amide bonds. The third-order valence-electron chi connectivity index (χ3n) is 2.61. The molecule has 1 unspecified atom stereocenters. The van der Waals surface area contributed by atoms with Crippen LogP contribution in [0, 0.1) is 0 Å². The van der Waals surface area contributed by atoms with Gasteiger partial charge in [-0.15, -0.1) is 0 Å². The van der Waals surface area contributed by atoms with Gasteiger partial charge in [-0.1, -0.05) is 50.5 Å². The summed E-state index contributed by atoms with van der Waals surface area (Å²) in [7, 11) is 5.63. The van der Waals surface area contributed by atoms with Crippen molar-refractivity contribution in [1.82, 2.24) is 0 Å². The van der Waals surface area contributed by atoms with Crippen LogP contribution in [0.2, 0.25) is 0 Å². The molecule has 0 fully saturated rings. The standard InChI is InChI=1S/C12H17BO.C2H6/c1-2-10(4-3-9-14)11-5-7-12(13)8-6-11;1-2/h5-8,10,14H,2-4,9H2,1H3;1-2H3. The minimum Gasteiger partial charge on any atom is -0.396 e. The van der Waals surface area contributed by atoms with Crippen molar-refractivity contribution in [2.75, 3.05) is 6.61 Å². The zero-order valence-electron chi connectivity index (χ0n) is 10.7. The lowest BCUT2D eigenvalue weighted by atomic mass is 9.88. The van der Waals surface area contributed by atoms with Crippen molar-refractivity contribution in [1.29, 1.82) is 0 Å². The largest absolute Gasteiger partial charge is 0.396 e. The zero-order valence-corrected chi connectivity index (χ0v) is 10.7. The number of aliphatic hydroxyl groups excluding tert-OH is 1. The topological polar surface area (TPSA) is 20.2 Å². The summed E-state index contributed by atoms with van der Waals surface area (Å²) in [6.07, 6.45) is 3.05. The van der Waals surface area contributed by atoms with Crippen molar-refractivity contribution in [3.05, 3.63) is 29.8 Å². The van der Waals surface area contributed by atoms with E-state index in [2.05, 4.69) is 19.1 Å². The van der Waals surface area contributed by atoms with Gasteiger partial charge in [-0.3, -0.25) is 0 Å². The fourth-order valence-electron chi connectivity index (χ4n) is 1.71. The molecule has 2 radical (unpaired) electrons. The summed E-state index contributed by atoms with van der Waals surface area (Å²) in [4.78, 5) is 0. The Kier molecular flexibility index (Phi) is 9.02. The van der Waals surface area contributed by atoms with Crippen LogP contribution in [0.1, 0.15) is 51.5 Å². The Morgan fingerprint density at radius 3 is 2.19 bits per heavy atom. The molecule has 0 saturated heterocycles. The maximum absolute atomic E-state index is 8.78. The normalized spacial score (nSPS) is 11.5. The van der Waals surface area contributed by atoms with Gasteiger partial charge in [0.15, 0.2) is 0 Å². The summed E-state index contributed by atoms with van der Waals surface area (Å²) >= 11 is 0. The van der Waals surface area contributed by atoms with E-state index in [9.17, 15) is 0 Å². The van der Waals surface area contributed by atoms with Gasteiger partial charge in [0.05, 0.1) is 0 Å². The predicted octanol–water partition coefficient (Wildman–Crippen LogP) is 2.77. The summed E-state index contributed by atoms with van der Waals surface area (Å²) in [5.41, 5.74) is 2.14. The minimum absolute atomic E-state index is 0.283. The molecule has 16 heavy (non-hydrogen) atoms. The third-order valence-corrected chi connectivity index (χ3v) is 2.61. The van der Waals surface area contributed by atoms with Crippen LogP contribution >= 0.6 is 0 Å². The molecule has 0 saturated carbocycles. The molecule has 1 N–H and O–H groups in total. The Morgan fingerprint density at radius 2 is 1.75 bits per heavy atom. The van der Waals surface area contributed by atoms with Gasteiger partial charge in [0, 0.05) is 6.61 Å². The molecule has 1 rings (SSSR count). The summed E-state index contributed by atoms with van der Waals surface area (Å²) in [6.45, 7) is 6.46. The SMILES string of the molecule is CC.[B]c1ccc(C(CC)CCCO)cc1. The molecule has 0 spiro atoms. The van der Waals surface area contributed by atoms with Crippen LogP contribution in [-0.2, 0) is 0 Å². The summed E-state index contributed by atoms with van der Waals surface area (Å²) in [6, 6.07) is 8.05. The Hall–Kier alpha value is -0.755. The van der Waals surface area contributed by atoms with E-state index in [0.29, 0.717) is 5.92 Å². The second-order valence-electron chi connectivity index (χ2n) is 3.64. The fourth-order valence-corrected chi connectivity index (χ4v) is 1.71. The molecule has 2 heteroatoms. The highest BCUT2D eigenvalue weighted by Crippen LogP contribution is 2.23. The van der Waals surface area contributed by atoms with E-state index in [1.807, 2.05) is 26.0 Å². The van der Waals surface area contributed by atoms with Crippen LogP contribution in [0.25, 0.3) is 0 Å². The quantitative estimate of drug-likeness (QED) is 0.753. The number of aliphatic hydroxyl groups is 1. The average Bonchev–Trinajstić information content (AvgIpc) is 2.35. The van der Waals surface area contributed by atoms with E-state index in [-0.39, 0.29) is 6.61 Å². The Morgan fingerprint density at radius 1 is 1.19 bits per heavy atom. The molecule has 0 aromatic heterocycles. The lowest BCUT2D eigenvalue weighted by Crippen LogP contribution is -2.04. The summed E-state index contributed by atoms with van der Waals surface area (Å²) in [5.74, 6) is 0.558. The van der Waals surface area contributed by atoms with Crippen LogP contribution in [0.5, 0.6) is 0 Å². The van der Waals surface area contributed by atoms with Crippen molar-refractivity contribution in [2.45, 2.75) is 46.0 Å². The molecular weight excluding hydrogens is 195 g/mol. The molecule has 0 aliphatic rings. The maximum atomic E-state index is 8.78. The molecule has 0 aliphatic carbocycles. The van der Waals surface area contributed by atoms with Crippen molar-refractivity contribution in [2.24, 2.45) is 0 Å². The maximum Gasteiger partial charge on any atom is 0.113 e. The van der Waals surface area contributed by atoms with Crippen LogP contribution in [0.3, 0.4) is 0 Å². The van der Waals surface area contributed by atoms with Gasteiger partial charge in [0.1, 0.15) is 7.85 Å². The van der Waals surface area contributed by atoms with Crippen LogP contribution < -0.4 is 5.46 Å². The van der Waals surface area contributed by atoms with E-state index in [1.165, 1.54) is 5.56 Å². The third kappa shape index (κ3) is 5.36. The van der Waals surface area contributed by atoms with Gasteiger partial charge >= 0.3 is 0 Å². The molecular formula is C14H23BO. The fraction of sp³-hybridized carbons (Fsp3) is 0.571. The molecule has 0 bridgehead atoms. The van der Waals surface area contributed by atoms with Gasteiger partial charge in [0.25, 0.3) is 0 Å². The minimum atomic E-state index is 0.283. The molecule has 88 valence electrons. The first-order chi connectivity index (χ1) is 7.77. The highest BCUT2D eigenvalue weighted by molar-refractivity contribution is 6.32. The predicted molar refractivity (Wildman–Crippen MR) is 72.5 cm³/mol. The second-order valence-corrected chi connectivity index (χ2v) is 3.64. The van der Waals surface area contributed by atoms with Crippen molar-refractivity contribution >= 4 is 13.3 Å². The van der Waals surface area contributed by atoms with Gasteiger partial charge in [-0.2, -0.15) is 0 Å². The molecule has 1 nitrogen and oxygen atoms in total. The second kappa shape index (κ2) is 9.47. The molecule has 1 atom stereocenters. The molecule has 0 aliphatic heterocycles. The van der Waals surface area contributed by atoms with Gasteiger partial charge in [-0.05, 0) is 30.7 Å². The lowest BCUT2D eigenvalue weighted by molar-refractivity contribution is 0.279. The number of benzene rings is 1. The van der Waals surface area contributed by atoms with Crippen LogP contribution in [-0.4, -0.2) is 19.6 Å². The molecule has 1 aromatic carbocycles. The van der Waals surface area contributed by atoms with E-state index >= 15 is 0 Å². The van der Waals surface area contributed by atoms with Gasteiger partial charge in [-0.25, -0.2) is 0 Å². The number of hydrogen-bond acceptors (Lipinski definition) is 1. The first kappa shape index (κ1) is 15.2. The molecule has 1 aromatic rings. The first-order valence-electron chi connectivity index (χ1n) is 6.24. The first-order valence-corrected chi connectivity index (χ1v) is 6.24. The van der Waals surface area contributed by atoms with E-state index < -0.39 is 0 Å². The Balaban J connectivity index is 0.00000106. The Bertz CT molecular complexity index is 256. The van der Waals surface area contributed by atoms with E-state index in [0.717, 1.165) is 24.7 Å². The van der Waals surface area contributed by atoms with Crippen LogP contribution in [0.15, 0.2) is 24.3 Å². The van der Waals surface area contributed by atoms with Gasteiger partial charge < -0.3 is 5.11 Å². The number of hydrogen-bond donors (Lipinski definition) is 1. The monoisotopic (exact) mass is 218 g/mol. The van der Waals surface area contributed by atoms with Crippen molar-refractivity contribution in [3.63, 3.8) is 0 Å². The zero-order chi connectivity index (χ0) is 12.4. The van der Waals surface area contributed by atoms with E-state index in [4.69, 9.17) is 13.0 Å². The summed E-state index contributed by atoms with van der Waals surface area (Å²) < 4.78 is 0. The van der Waals surface area contributed by atoms with Crippen molar-refractivity contribution < 1.29 is 5.11 Å². The van der Waals surface area contributed by atoms with Crippen molar-refractivity contribution in [3.8, 4) is 0 Å². The lowest BCUT2D eigenvalue weighted by Gasteiger charge is -2.14. The smallest absolute Gasteiger partial charge is 0.113 e. The Labute approximate surface area is 101 Å². The highest BCUT2D eigenvalue weighted by Gasteiger charge is 2.07.